The number of anilines is 1. The number of aromatic nitrogens is 1. The van der Waals surface area contributed by atoms with E-state index in [0.717, 1.165) is 11.6 Å². The van der Waals surface area contributed by atoms with Crippen molar-refractivity contribution in [3.8, 4) is 0 Å². The molecule has 0 bridgehead atoms. The molecule has 2 aromatic heterocycles. The number of nitrogens with two attached hydrogens (primary N) is 2. The van der Waals surface area contributed by atoms with Gasteiger partial charge in [0.15, 0.2) is 11.7 Å². The van der Waals surface area contributed by atoms with Gasteiger partial charge in [-0.15, -0.1) is 0 Å². The van der Waals surface area contributed by atoms with Crippen molar-refractivity contribution >= 4 is 23.4 Å². The van der Waals surface area contributed by atoms with Gasteiger partial charge in [0.25, 0.3) is 5.91 Å². The molecule has 5 N–H and O–H groups in total. The SMILES string of the molecule is Cc1ccc([C@H](N=C(N)C(N)=NC2CC=CC(C(=O)N3CCN(c4ccccn4)CC3)=C2O)C(C)(C)C)o1. The van der Waals surface area contributed by atoms with Gasteiger partial charge in [0.1, 0.15) is 35.2 Å². The topological polar surface area (TPSA) is 147 Å². The van der Waals surface area contributed by atoms with Gasteiger partial charge in [-0.3, -0.25) is 14.8 Å². The van der Waals surface area contributed by atoms with Crippen molar-refractivity contribution in [2.24, 2.45) is 26.9 Å². The second-order valence-corrected chi connectivity index (χ2v) is 10.7. The van der Waals surface area contributed by atoms with Gasteiger partial charge in [-0.2, -0.15) is 0 Å². The highest BCUT2D eigenvalue weighted by atomic mass is 16.3. The molecule has 0 spiro atoms. The summed E-state index contributed by atoms with van der Waals surface area (Å²) in [6.07, 6.45) is 5.62. The number of aryl methyl sites for hydroxylation is 1. The molecule has 202 valence electrons. The normalized spacial score (nSPS) is 20.2. The molecule has 4 rings (SSSR count). The summed E-state index contributed by atoms with van der Waals surface area (Å²) in [5, 5.41) is 11.0. The Morgan fingerprint density at radius 3 is 2.47 bits per heavy atom. The monoisotopic (exact) mass is 519 g/mol. The molecule has 2 aromatic rings. The molecule has 1 saturated heterocycles. The van der Waals surface area contributed by atoms with Crippen LogP contribution in [0.15, 0.2) is 74.4 Å². The van der Waals surface area contributed by atoms with E-state index in [1.165, 1.54) is 0 Å². The number of rotatable bonds is 5. The van der Waals surface area contributed by atoms with E-state index in [4.69, 9.17) is 15.9 Å². The molecule has 1 amide bonds. The zero-order chi connectivity index (χ0) is 27.4. The summed E-state index contributed by atoms with van der Waals surface area (Å²) in [6.45, 7) is 10.3. The largest absolute Gasteiger partial charge is 0.509 e. The van der Waals surface area contributed by atoms with Crippen molar-refractivity contribution in [3.63, 3.8) is 0 Å². The molecule has 10 heteroatoms. The highest BCUT2D eigenvalue weighted by molar-refractivity contribution is 6.39. The fourth-order valence-corrected chi connectivity index (χ4v) is 4.56. The van der Waals surface area contributed by atoms with Crippen LogP contribution in [0.4, 0.5) is 5.82 Å². The molecule has 10 nitrogen and oxygen atoms in total. The average molecular weight is 520 g/mol. The molecule has 2 aliphatic rings. The molecule has 0 saturated carbocycles. The molecule has 2 atom stereocenters. The number of carbonyl (C=O) groups excluding carboxylic acids is 1. The second kappa shape index (κ2) is 11.1. The Morgan fingerprint density at radius 2 is 1.87 bits per heavy atom. The summed E-state index contributed by atoms with van der Waals surface area (Å²) in [7, 11) is 0. The molecular weight excluding hydrogens is 482 g/mol. The van der Waals surface area contributed by atoms with Gasteiger partial charge in [0.05, 0.1) is 5.57 Å². The van der Waals surface area contributed by atoms with E-state index in [1.54, 1.807) is 17.2 Å². The van der Waals surface area contributed by atoms with Crippen LogP contribution >= 0.6 is 0 Å². The minimum Gasteiger partial charge on any atom is -0.509 e. The Bertz CT molecular complexity index is 1260. The maximum atomic E-state index is 13.3. The van der Waals surface area contributed by atoms with Crippen LogP contribution in [0.1, 0.15) is 44.8 Å². The molecule has 1 aliphatic heterocycles. The Kier molecular flexibility index (Phi) is 7.89. The van der Waals surface area contributed by atoms with E-state index >= 15 is 0 Å². The predicted octanol–water partition coefficient (Wildman–Crippen LogP) is 3.27. The van der Waals surface area contributed by atoms with Crippen LogP contribution in [0.25, 0.3) is 0 Å². The van der Waals surface area contributed by atoms with Crippen molar-refractivity contribution in [2.45, 2.75) is 46.2 Å². The average Bonchev–Trinajstić information content (AvgIpc) is 3.33. The summed E-state index contributed by atoms with van der Waals surface area (Å²) in [5.74, 6) is 2.06. The minimum absolute atomic E-state index is 0.00477. The Morgan fingerprint density at radius 1 is 1.13 bits per heavy atom. The molecule has 1 fully saturated rings. The maximum Gasteiger partial charge on any atom is 0.257 e. The predicted molar refractivity (Wildman–Crippen MR) is 149 cm³/mol. The number of carbonyl (C=O) groups is 1. The Balaban J connectivity index is 1.48. The number of nitrogens with zero attached hydrogens (tertiary/aromatic N) is 5. The van der Waals surface area contributed by atoms with E-state index in [9.17, 15) is 9.90 Å². The van der Waals surface area contributed by atoms with Gasteiger partial charge in [-0.25, -0.2) is 4.98 Å². The van der Waals surface area contributed by atoms with Crippen molar-refractivity contribution < 1.29 is 14.3 Å². The maximum absolute atomic E-state index is 13.3. The van der Waals surface area contributed by atoms with Crippen molar-refractivity contribution in [1.29, 1.82) is 0 Å². The first-order valence-corrected chi connectivity index (χ1v) is 12.8. The lowest BCUT2D eigenvalue weighted by molar-refractivity contribution is -0.127. The highest BCUT2D eigenvalue weighted by Gasteiger charge is 2.31. The van der Waals surface area contributed by atoms with Crippen LogP contribution in [-0.4, -0.2) is 64.8 Å². The van der Waals surface area contributed by atoms with Crippen LogP contribution in [0.5, 0.6) is 0 Å². The Hall–Kier alpha value is -4.08. The number of hydrogen-bond acceptors (Lipinski definition) is 7. The molecule has 1 unspecified atom stereocenters. The van der Waals surface area contributed by atoms with Crippen LogP contribution in [-0.2, 0) is 4.79 Å². The van der Waals surface area contributed by atoms with Gasteiger partial charge < -0.3 is 30.8 Å². The number of furan rings is 1. The van der Waals surface area contributed by atoms with Gasteiger partial charge in [-0.1, -0.05) is 32.9 Å². The number of amidine groups is 2. The van der Waals surface area contributed by atoms with Gasteiger partial charge in [0.2, 0.25) is 0 Å². The molecular formula is C28H37N7O3. The lowest BCUT2D eigenvalue weighted by Crippen LogP contribution is -2.49. The van der Waals surface area contributed by atoms with Gasteiger partial charge in [0, 0.05) is 32.4 Å². The standard InChI is InChI=1S/C28H37N7O3/c1-18-11-12-21(38-18)24(28(2,3)4)33-26(30)25(29)32-20-9-7-8-19(23(20)36)27(37)35-16-14-34(15-17-35)22-10-5-6-13-31-22/h5-8,10-13,20,24,36H,9,14-17H2,1-4H3,(H2,29,32)(H2,30,33)/t20?,24-/m0/s1. The van der Waals surface area contributed by atoms with Crippen molar-refractivity contribution in [2.75, 3.05) is 31.1 Å². The fraction of sp³-hybridized carbons (Fsp3) is 0.429. The molecule has 1 aliphatic carbocycles. The van der Waals surface area contributed by atoms with Gasteiger partial charge >= 0.3 is 0 Å². The summed E-state index contributed by atoms with van der Waals surface area (Å²) < 4.78 is 5.80. The van der Waals surface area contributed by atoms with Crippen molar-refractivity contribution in [1.82, 2.24) is 9.88 Å². The first kappa shape index (κ1) is 27.0. The smallest absolute Gasteiger partial charge is 0.257 e. The summed E-state index contributed by atoms with van der Waals surface area (Å²) in [6, 6.07) is 8.44. The van der Waals surface area contributed by atoms with E-state index in [-0.39, 0.29) is 40.4 Å². The number of aliphatic hydroxyl groups excluding tert-OH is 1. The summed E-state index contributed by atoms with van der Waals surface area (Å²) >= 11 is 0. The zero-order valence-electron chi connectivity index (χ0n) is 22.5. The lowest BCUT2D eigenvalue weighted by atomic mass is 9.85. The molecule has 0 radical (unpaired) electrons. The van der Waals surface area contributed by atoms with Gasteiger partial charge in [-0.05, 0) is 49.1 Å². The summed E-state index contributed by atoms with van der Waals surface area (Å²) in [5.41, 5.74) is 12.4. The van der Waals surface area contributed by atoms with E-state index in [0.29, 0.717) is 38.4 Å². The van der Waals surface area contributed by atoms with Crippen LogP contribution < -0.4 is 16.4 Å². The number of piperazine rings is 1. The fourth-order valence-electron chi connectivity index (χ4n) is 4.56. The number of amides is 1. The number of hydrogen-bond donors (Lipinski definition) is 3. The number of pyridine rings is 1. The molecule has 0 aromatic carbocycles. The lowest BCUT2D eigenvalue weighted by Gasteiger charge is -2.36. The van der Waals surface area contributed by atoms with Crippen LogP contribution in [0, 0.1) is 12.3 Å². The van der Waals surface area contributed by atoms with E-state index in [2.05, 4.69) is 19.9 Å². The second-order valence-electron chi connectivity index (χ2n) is 10.7. The number of aliphatic imine (C=N–C) groups is 2. The first-order chi connectivity index (χ1) is 18.0. The molecule has 38 heavy (non-hydrogen) atoms. The first-order valence-electron chi connectivity index (χ1n) is 12.8. The van der Waals surface area contributed by atoms with E-state index < -0.39 is 6.04 Å². The number of aliphatic hydroxyl groups is 1. The van der Waals surface area contributed by atoms with Crippen LogP contribution in [0.2, 0.25) is 0 Å². The minimum atomic E-state index is -0.721. The van der Waals surface area contributed by atoms with E-state index in [1.807, 2.05) is 64.1 Å². The highest BCUT2D eigenvalue weighted by Crippen LogP contribution is 2.37. The van der Waals surface area contributed by atoms with Crippen molar-refractivity contribution in [3.05, 3.63) is 71.5 Å². The Labute approximate surface area is 223 Å². The quantitative estimate of drug-likeness (QED) is 0.406. The molecule has 3 heterocycles. The van der Waals surface area contributed by atoms with Crippen LogP contribution in [0.3, 0.4) is 0 Å². The summed E-state index contributed by atoms with van der Waals surface area (Å²) in [4.78, 5) is 30.6. The zero-order valence-corrected chi connectivity index (χ0v) is 22.5. The third-order valence-electron chi connectivity index (χ3n) is 6.68. The third-order valence-corrected chi connectivity index (χ3v) is 6.68. The third kappa shape index (κ3) is 6.07.